The van der Waals surface area contributed by atoms with Crippen molar-refractivity contribution < 1.29 is 9.59 Å². The zero-order chi connectivity index (χ0) is 13.1. The number of alkyl halides is 1. The van der Waals surface area contributed by atoms with Crippen LogP contribution in [0, 0.1) is 0 Å². The smallest absolute Gasteiger partial charge is 0.302 e. The molecule has 0 spiro atoms. The Morgan fingerprint density at radius 2 is 2.17 bits per heavy atom. The first kappa shape index (κ1) is 14.1. The molecule has 0 aliphatic carbocycles. The second kappa shape index (κ2) is 6.25. The third kappa shape index (κ3) is 3.00. The van der Waals surface area contributed by atoms with E-state index in [0.717, 1.165) is 28.2 Å². The number of carbonyl (C=O) groups excluding carboxylic acids is 2. The molecule has 0 radical (unpaired) electrons. The van der Waals surface area contributed by atoms with Crippen LogP contribution >= 0.6 is 46.0 Å². The van der Waals surface area contributed by atoms with Crippen LogP contribution in [0.5, 0.6) is 0 Å². The lowest BCUT2D eigenvalue weighted by molar-refractivity contribution is -0.139. The summed E-state index contributed by atoms with van der Waals surface area (Å²) >= 11 is 9.28. The quantitative estimate of drug-likeness (QED) is 0.446. The lowest BCUT2D eigenvalue weighted by Crippen LogP contribution is -2.30. The Morgan fingerprint density at radius 1 is 1.39 bits per heavy atom. The van der Waals surface area contributed by atoms with Gasteiger partial charge in [0.25, 0.3) is 5.12 Å². The van der Waals surface area contributed by atoms with E-state index in [1.807, 2.05) is 18.2 Å². The van der Waals surface area contributed by atoms with Crippen LogP contribution in [0.1, 0.15) is 17.4 Å². The molecule has 1 saturated heterocycles. The van der Waals surface area contributed by atoms with Crippen LogP contribution in [-0.2, 0) is 9.59 Å². The van der Waals surface area contributed by atoms with Crippen molar-refractivity contribution in [3.05, 3.63) is 34.9 Å². The Kier molecular flexibility index (Phi) is 4.91. The lowest BCUT2D eigenvalue weighted by atomic mass is 10.2. The number of amides is 1. The molecule has 1 aliphatic rings. The maximum atomic E-state index is 11.8. The fraction of sp³-hybridized carbons (Fsp3) is 0.333. The van der Waals surface area contributed by atoms with Crippen molar-refractivity contribution in [2.45, 2.75) is 11.8 Å². The van der Waals surface area contributed by atoms with Gasteiger partial charge >= 0.3 is 5.91 Å². The molecular formula is C12H11ClINO2S. The first-order chi connectivity index (χ1) is 8.63. The monoisotopic (exact) mass is 395 g/mol. The molecule has 3 nitrogen and oxygen atoms in total. The maximum Gasteiger partial charge on any atom is 0.302 e. The van der Waals surface area contributed by atoms with Crippen LogP contribution < -0.4 is 0 Å². The van der Waals surface area contributed by atoms with Crippen molar-refractivity contribution in [1.82, 2.24) is 4.90 Å². The van der Waals surface area contributed by atoms with E-state index < -0.39 is 5.91 Å². The second-order valence-electron chi connectivity index (χ2n) is 3.85. The molecule has 0 aromatic heterocycles. The van der Waals surface area contributed by atoms with Gasteiger partial charge in [0.1, 0.15) is 5.37 Å². The van der Waals surface area contributed by atoms with Gasteiger partial charge in [-0.05, 0) is 35.9 Å². The molecule has 1 amide bonds. The molecular weight excluding hydrogens is 385 g/mol. The Hall–Kier alpha value is -0.270. The molecule has 1 heterocycles. The molecule has 0 saturated carbocycles. The number of carbonyl (C=O) groups is 2. The average molecular weight is 396 g/mol. The van der Waals surface area contributed by atoms with Crippen molar-refractivity contribution >= 4 is 57.0 Å². The average Bonchev–Trinajstić information content (AvgIpc) is 2.64. The molecule has 1 aromatic carbocycles. The molecule has 0 N–H and O–H groups in total. The number of hydrogen-bond acceptors (Lipinski definition) is 3. The highest BCUT2D eigenvalue weighted by Crippen LogP contribution is 2.40. The third-order valence-electron chi connectivity index (χ3n) is 2.60. The standard InChI is InChI=1S/C12H11ClINO2S/c13-9-4-1-3-8(7-9)11-15(6-2-5-14)10(16)12(17)18-11/h1,3-4,7,11H,2,5-6H2. The van der Waals surface area contributed by atoms with Crippen molar-refractivity contribution in [3.8, 4) is 0 Å². The summed E-state index contributed by atoms with van der Waals surface area (Å²) in [5.74, 6) is -0.394. The fourth-order valence-electron chi connectivity index (χ4n) is 1.80. The van der Waals surface area contributed by atoms with Crippen molar-refractivity contribution in [1.29, 1.82) is 0 Å². The van der Waals surface area contributed by atoms with Crippen LogP contribution in [0.4, 0.5) is 0 Å². The highest BCUT2D eigenvalue weighted by atomic mass is 127. The zero-order valence-electron chi connectivity index (χ0n) is 9.44. The predicted molar refractivity (Wildman–Crippen MR) is 82.0 cm³/mol. The second-order valence-corrected chi connectivity index (χ2v) is 6.42. The fourth-order valence-corrected chi connectivity index (χ4v) is 3.37. The van der Waals surface area contributed by atoms with Crippen molar-refractivity contribution in [2.75, 3.05) is 11.0 Å². The summed E-state index contributed by atoms with van der Waals surface area (Å²) in [6, 6.07) is 7.32. The van der Waals surface area contributed by atoms with Gasteiger partial charge in [0, 0.05) is 16.0 Å². The molecule has 6 heteroatoms. The van der Waals surface area contributed by atoms with Crippen LogP contribution in [0.3, 0.4) is 0 Å². The molecule has 1 aromatic rings. The molecule has 96 valence electrons. The van der Waals surface area contributed by atoms with E-state index in [0.29, 0.717) is 11.6 Å². The van der Waals surface area contributed by atoms with Crippen molar-refractivity contribution in [3.63, 3.8) is 0 Å². The summed E-state index contributed by atoms with van der Waals surface area (Å²) in [7, 11) is 0. The Morgan fingerprint density at radius 3 is 2.83 bits per heavy atom. The molecule has 18 heavy (non-hydrogen) atoms. The maximum absolute atomic E-state index is 11.8. The van der Waals surface area contributed by atoms with E-state index in [1.54, 1.807) is 11.0 Å². The van der Waals surface area contributed by atoms with E-state index in [1.165, 1.54) is 0 Å². The largest absolute Gasteiger partial charge is 0.319 e. The summed E-state index contributed by atoms with van der Waals surface area (Å²) in [6.45, 7) is 0.609. The minimum Gasteiger partial charge on any atom is -0.319 e. The highest BCUT2D eigenvalue weighted by Gasteiger charge is 2.39. The van der Waals surface area contributed by atoms with Crippen LogP contribution in [0.2, 0.25) is 5.02 Å². The molecule has 1 aliphatic heterocycles. The number of rotatable bonds is 4. The van der Waals surface area contributed by atoms with Gasteiger partial charge in [-0.1, -0.05) is 46.3 Å². The van der Waals surface area contributed by atoms with E-state index in [-0.39, 0.29) is 10.5 Å². The Balaban J connectivity index is 2.24. The van der Waals surface area contributed by atoms with Gasteiger partial charge in [0.15, 0.2) is 0 Å². The van der Waals surface area contributed by atoms with Gasteiger partial charge < -0.3 is 4.90 Å². The van der Waals surface area contributed by atoms with E-state index >= 15 is 0 Å². The Bertz CT molecular complexity index is 483. The Labute approximate surface area is 128 Å². The van der Waals surface area contributed by atoms with Gasteiger partial charge in [-0.15, -0.1) is 0 Å². The van der Waals surface area contributed by atoms with Gasteiger partial charge in [0.2, 0.25) is 0 Å². The predicted octanol–water partition coefficient (Wildman–Crippen LogP) is 3.27. The van der Waals surface area contributed by atoms with Gasteiger partial charge in [-0.25, -0.2) is 0 Å². The van der Waals surface area contributed by atoms with Gasteiger partial charge in [-0.3, -0.25) is 9.59 Å². The highest BCUT2D eigenvalue weighted by molar-refractivity contribution is 14.1. The summed E-state index contributed by atoms with van der Waals surface area (Å²) in [5, 5.41) is 0.00817. The SMILES string of the molecule is O=C1SC(c2cccc(Cl)c2)N(CCCI)C1=O. The summed E-state index contributed by atoms with van der Waals surface area (Å²) in [6.07, 6.45) is 0.886. The first-order valence-electron chi connectivity index (χ1n) is 5.46. The minimum atomic E-state index is -0.394. The van der Waals surface area contributed by atoms with E-state index in [2.05, 4.69) is 22.6 Å². The normalized spacial score (nSPS) is 19.7. The summed E-state index contributed by atoms with van der Waals surface area (Å²) in [4.78, 5) is 25.0. The molecule has 1 unspecified atom stereocenters. The zero-order valence-corrected chi connectivity index (χ0v) is 13.2. The van der Waals surface area contributed by atoms with E-state index in [4.69, 9.17) is 11.6 Å². The molecule has 1 fully saturated rings. The first-order valence-corrected chi connectivity index (χ1v) is 8.25. The number of halogens is 2. The lowest BCUT2D eigenvalue weighted by Gasteiger charge is -2.22. The number of benzene rings is 1. The summed E-state index contributed by atoms with van der Waals surface area (Å²) in [5.41, 5.74) is 0.903. The van der Waals surface area contributed by atoms with Gasteiger partial charge in [0.05, 0.1) is 0 Å². The number of hydrogen-bond donors (Lipinski definition) is 0. The number of thioether (sulfide) groups is 1. The van der Waals surface area contributed by atoms with E-state index in [9.17, 15) is 9.59 Å². The molecule has 0 bridgehead atoms. The van der Waals surface area contributed by atoms with Crippen molar-refractivity contribution in [2.24, 2.45) is 0 Å². The third-order valence-corrected chi connectivity index (χ3v) is 4.74. The summed E-state index contributed by atoms with van der Waals surface area (Å²) < 4.78 is 0.961. The van der Waals surface area contributed by atoms with Gasteiger partial charge in [-0.2, -0.15) is 0 Å². The van der Waals surface area contributed by atoms with Crippen LogP contribution in [0.15, 0.2) is 24.3 Å². The molecule has 1 atom stereocenters. The minimum absolute atomic E-state index is 0.230. The topological polar surface area (TPSA) is 37.4 Å². The van der Waals surface area contributed by atoms with Crippen LogP contribution in [0.25, 0.3) is 0 Å². The number of nitrogens with zero attached hydrogens (tertiary/aromatic N) is 1. The molecule has 2 rings (SSSR count). The van der Waals surface area contributed by atoms with Crippen LogP contribution in [-0.4, -0.2) is 26.9 Å².